The third kappa shape index (κ3) is 5.50. The molecule has 0 saturated carbocycles. The Labute approximate surface area is 185 Å². The first-order valence-electron chi connectivity index (χ1n) is 11.0. The Morgan fingerprint density at radius 1 is 0.933 bits per heavy atom. The quantitative estimate of drug-likeness (QED) is 0.397. The van der Waals surface area contributed by atoms with Crippen LogP contribution in [-0.4, -0.2) is 27.9 Å². The predicted octanol–water partition coefficient (Wildman–Crippen LogP) is 5.76. The van der Waals surface area contributed by atoms with Crippen molar-refractivity contribution in [2.45, 2.75) is 58.3 Å². The Morgan fingerprint density at radius 3 is 2.33 bits per heavy atom. The van der Waals surface area contributed by atoms with Gasteiger partial charge in [0.05, 0.1) is 0 Å². The number of para-hydroxylation sites is 1. The van der Waals surface area contributed by atoms with Gasteiger partial charge in [0.1, 0.15) is 11.6 Å². The summed E-state index contributed by atoms with van der Waals surface area (Å²) in [4.78, 5) is 0. The summed E-state index contributed by atoms with van der Waals surface area (Å²) >= 11 is 5.97. The first kappa shape index (κ1) is 22.5. The molecule has 1 aromatic heterocycles. The first-order valence-corrected chi connectivity index (χ1v) is 11.4. The molecule has 3 aromatic rings. The van der Waals surface area contributed by atoms with Gasteiger partial charge in [0.2, 0.25) is 0 Å². The molecule has 1 atom stereocenters. The highest BCUT2D eigenvalue weighted by atomic mass is 35.5. The molecule has 0 amide bonds. The van der Waals surface area contributed by atoms with Crippen LogP contribution in [0.1, 0.15) is 57.2 Å². The van der Waals surface area contributed by atoms with E-state index < -0.39 is 0 Å². The summed E-state index contributed by atoms with van der Waals surface area (Å²) in [6, 6.07) is 18.6. The number of aromatic nitrogens is 3. The van der Waals surface area contributed by atoms with Gasteiger partial charge in [0, 0.05) is 22.5 Å². The largest absolute Gasteiger partial charge is 0.316 e. The Kier molecular flexibility index (Phi) is 8.06. The van der Waals surface area contributed by atoms with E-state index in [2.05, 4.69) is 83.3 Å². The molecular formula is C25H33ClN4. The van der Waals surface area contributed by atoms with Crippen LogP contribution in [0.2, 0.25) is 5.02 Å². The Bertz CT molecular complexity index is 905. The van der Waals surface area contributed by atoms with Gasteiger partial charge >= 0.3 is 0 Å². The minimum atomic E-state index is -0.0396. The predicted molar refractivity (Wildman–Crippen MR) is 126 cm³/mol. The van der Waals surface area contributed by atoms with Crippen molar-refractivity contribution in [3.8, 4) is 5.69 Å². The van der Waals surface area contributed by atoms with Gasteiger partial charge in [-0.25, -0.2) is 0 Å². The van der Waals surface area contributed by atoms with E-state index in [-0.39, 0.29) is 5.41 Å². The molecule has 30 heavy (non-hydrogen) atoms. The lowest BCUT2D eigenvalue weighted by Gasteiger charge is -2.28. The van der Waals surface area contributed by atoms with Crippen molar-refractivity contribution < 1.29 is 0 Å². The number of nitrogens with zero attached hydrogens (tertiary/aromatic N) is 3. The van der Waals surface area contributed by atoms with Gasteiger partial charge in [-0.2, -0.15) is 0 Å². The molecule has 0 spiro atoms. The van der Waals surface area contributed by atoms with Gasteiger partial charge in [0.15, 0.2) is 0 Å². The van der Waals surface area contributed by atoms with Crippen LogP contribution in [0.3, 0.4) is 0 Å². The van der Waals surface area contributed by atoms with Crippen molar-refractivity contribution in [2.75, 3.05) is 13.1 Å². The maximum atomic E-state index is 5.97. The van der Waals surface area contributed by atoms with Crippen molar-refractivity contribution in [1.29, 1.82) is 0 Å². The average Bonchev–Trinajstić information content (AvgIpc) is 3.20. The van der Waals surface area contributed by atoms with Crippen LogP contribution in [0.5, 0.6) is 0 Å². The Hall–Kier alpha value is -2.17. The number of halogens is 1. The topological polar surface area (TPSA) is 42.7 Å². The van der Waals surface area contributed by atoms with Gasteiger partial charge < -0.3 is 5.32 Å². The van der Waals surface area contributed by atoms with E-state index in [1.54, 1.807) is 0 Å². The van der Waals surface area contributed by atoms with Gasteiger partial charge in [-0.05, 0) is 68.6 Å². The van der Waals surface area contributed by atoms with E-state index in [4.69, 9.17) is 11.6 Å². The van der Waals surface area contributed by atoms with Gasteiger partial charge in [0.25, 0.3) is 0 Å². The van der Waals surface area contributed by atoms with Crippen LogP contribution in [0, 0.1) is 0 Å². The number of hydrogen-bond acceptors (Lipinski definition) is 3. The van der Waals surface area contributed by atoms with E-state index in [0.29, 0.717) is 0 Å². The van der Waals surface area contributed by atoms with Crippen molar-refractivity contribution in [2.24, 2.45) is 0 Å². The van der Waals surface area contributed by atoms with E-state index in [1.165, 1.54) is 5.56 Å². The average molecular weight is 425 g/mol. The number of aryl methyl sites for hydroxylation is 1. The molecule has 4 nitrogen and oxygen atoms in total. The number of nitrogens with one attached hydrogen (secondary N) is 1. The van der Waals surface area contributed by atoms with Crippen LogP contribution >= 0.6 is 11.6 Å². The van der Waals surface area contributed by atoms with E-state index >= 15 is 0 Å². The second kappa shape index (κ2) is 10.7. The third-order valence-electron chi connectivity index (χ3n) is 5.90. The molecule has 1 N–H and O–H groups in total. The van der Waals surface area contributed by atoms with Crippen LogP contribution in [0.25, 0.3) is 5.69 Å². The molecule has 1 heterocycles. The highest BCUT2D eigenvalue weighted by Gasteiger charge is 2.31. The lowest BCUT2D eigenvalue weighted by atomic mass is 9.82. The molecule has 0 bridgehead atoms. The normalized spacial score (nSPS) is 13.3. The lowest BCUT2D eigenvalue weighted by molar-refractivity contribution is 0.377. The molecule has 2 aromatic carbocycles. The zero-order chi connectivity index (χ0) is 21.4. The van der Waals surface area contributed by atoms with Crippen molar-refractivity contribution >= 4 is 11.6 Å². The van der Waals surface area contributed by atoms with E-state index in [1.807, 2.05) is 12.1 Å². The fourth-order valence-electron chi connectivity index (χ4n) is 3.76. The molecule has 0 saturated heterocycles. The van der Waals surface area contributed by atoms with Gasteiger partial charge in [-0.1, -0.05) is 62.7 Å². The van der Waals surface area contributed by atoms with E-state index in [0.717, 1.165) is 67.6 Å². The molecule has 5 heteroatoms. The highest BCUT2D eigenvalue weighted by molar-refractivity contribution is 6.30. The second-order valence-corrected chi connectivity index (χ2v) is 8.59. The summed E-state index contributed by atoms with van der Waals surface area (Å²) in [5.74, 6) is 2.12. The molecule has 0 aliphatic heterocycles. The molecule has 0 fully saturated rings. The van der Waals surface area contributed by atoms with Crippen molar-refractivity contribution in [3.05, 3.63) is 76.8 Å². The maximum absolute atomic E-state index is 5.97. The molecule has 0 aliphatic rings. The summed E-state index contributed by atoms with van der Waals surface area (Å²) in [7, 11) is 0. The van der Waals surface area contributed by atoms with E-state index in [9.17, 15) is 0 Å². The molecule has 1 unspecified atom stereocenters. The Morgan fingerprint density at radius 2 is 1.67 bits per heavy atom. The summed E-state index contributed by atoms with van der Waals surface area (Å²) < 4.78 is 2.28. The monoisotopic (exact) mass is 424 g/mol. The van der Waals surface area contributed by atoms with Gasteiger partial charge in [-0.3, -0.25) is 4.57 Å². The zero-order valence-electron chi connectivity index (χ0n) is 18.4. The smallest absolute Gasteiger partial charge is 0.143 e. The highest BCUT2D eigenvalue weighted by Crippen LogP contribution is 2.32. The summed E-state index contributed by atoms with van der Waals surface area (Å²) in [5.41, 5.74) is 2.41. The van der Waals surface area contributed by atoms with Crippen LogP contribution < -0.4 is 5.32 Å². The lowest BCUT2D eigenvalue weighted by Crippen LogP contribution is -2.31. The fraction of sp³-hybridized carbons (Fsp3) is 0.440. The summed E-state index contributed by atoms with van der Waals surface area (Å²) in [5, 5.41) is 13.6. The number of hydrogen-bond donors (Lipinski definition) is 1. The van der Waals surface area contributed by atoms with Gasteiger partial charge in [-0.15, -0.1) is 10.2 Å². The third-order valence-corrected chi connectivity index (χ3v) is 6.15. The first-order chi connectivity index (χ1) is 14.6. The molecular weight excluding hydrogens is 392 g/mol. The second-order valence-electron chi connectivity index (χ2n) is 8.15. The SMILES string of the molecule is CCCc1nnc(C(C)(CC)CCNCCc2ccc(Cl)cc2)n1-c1ccccc1. The standard InChI is InChI=1S/C25H33ClN4/c1-4-9-23-28-29-24(30(23)22-10-7-6-8-11-22)25(3,5-2)17-19-27-18-16-20-12-14-21(26)15-13-20/h6-8,10-15,27H,4-5,9,16-19H2,1-3H3. The zero-order valence-corrected chi connectivity index (χ0v) is 19.1. The minimum Gasteiger partial charge on any atom is -0.316 e. The summed E-state index contributed by atoms with van der Waals surface area (Å²) in [6.45, 7) is 8.65. The van der Waals surface area contributed by atoms with Crippen molar-refractivity contribution in [3.63, 3.8) is 0 Å². The number of rotatable bonds is 11. The fourth-order valence-corrected chi connectivity index (χ4v) is 3.89. The molecule has 0 radical (unpaired) electrons. The number of benzene rings is 2. The Balaban J connectivity index is 1.68. The molecule has 0 aliphatic carbocycles. The summed E-state index contributed by atoms with van der Waals surface area (Å²) in [6.07, 6.45) is 5.02. The van der Waals surface area contributed by atoms with Crippen LogP contribution in [0.15, 0.2) is 54.6 Å². The van der Waals surface area contributed by atoms with Crippen LogP contribution in [-0.2, 0) is 18.3 Å². The molecule has 3 rings (SSSR count). The minimum absolute atomic E-state index is 0.0396. The van der Waals surface area contributed by atoms with Crippen LogP contribution in [0.4, 0.5) is 0 Å². The maximum Gasteiger partial charge on any atom is 0.143 e. The van der Waals surface area contributed by atoms with Crippen molar-refractivity contribution in [1.82, 2.24) is 20.1 Å². The molecule has 160 valence electrons.